The number of carbonyl (C=O) groups is 2. The normalized spacial score (nSPS) is 17.5. The molecule has 1 aliphatic rings. The van der Waals surface area contributed by atoms with E-state index in [1.165, 1.54) is 0 Å². The van der Waals surface area contributed by atoms with Crippen LogP contribution in [0.4, 0.5) is 4.79 Å². The summed E-state index contributed by atoms with van der Waals surface area (Å²) in [4.78, 5) is 27.2. The highest BCUT2D eigenvalue weighted by atomic mass is 16.6. The van der Waals surface area contributed by atoms with Gasteiger partial charge in [0.25, 0.3) is 0 Å². The summed E-state index contributed by atoms with van der Waals surface area (Å²) in [5, 5.41) is 11.7. The first kappa shape index (κ1) is 17.1. The summed E-state index contributed by atoms with van der Waals surface area (Å²) in [6, 6.07) is 0. The monoisotopic (exact) mass is 300 g/mol. The Kier molecular flexibility index (Phi) is 6.77. The van der Waals surface area contributed by atoms with Gasteiger partial charge in [-0.25, -0.2) is 4.79 Å². The van der Waals surface area contributed by atoms with E-state index < -0.39 is 5.92 Å². The molecule has 1 heterocycles. The van der Waals surface area contributed by atoms with Gasteiger partial charge in [-0.05, 0) is 13.3 Å². The lowest BCUT2D eigenvalue weighted by molar-refractivity contribution is -0.135. The fourth-order valence-electron chi connectivity index (χ4n) is 2.30. The predicted molar refractivity (Wildman–Crippen MR) is 77.0 cm³/mol. The Bertz CT molecular complexity index is 392. The van der Waals surface area contributed by atoms with E-state index in [1.807, 2.05) is 6.92 Å². The van der Waals surface area contributed by atoms with Gasteiger partial charge in [0.2, 0.25) is 5.91 Å². The maximum atomic E-state index is 12.4. The lowest BCUT2D eigenvalue weighted by Crippen LogP contribution is -2.53. The van der Waals surface area contributed by atoms with E-state index in [2.05, 4.69) is 5.16 Å². The quantitative estimate of drug-likeness (QED) is 0.332. The molecule has 1 aliphatic heterocycles. The van der Waals surface area contributed by atoms with Gasteiger partial charge in [-0.15, -0.1) is 0 Å². The molecule has 1 saturated heterocycles. The second-order valence-electron chi connectivity index (χ2n) is 4.88. The molecule has 2 amide bonds. The highest BCUT2D eigenvalue weighted by molar-refractivity contribution is 6.02. The Morgan fingerprint density at radius 3 is 2.29 bits per heavy atom. The number of hydrogen-bond acceptors (Lipinski definition) is 5. The van der Waals surface area contributed by atoms with E-state index in [0.29, 0.717) is 39.2 Å². The molecule has 1 rings (SSSR count). The first-order valence-corrected chi connectivity index (χ1v) is 7.23. The lowest BCUT2D eigenvalue weighted by atomic mass is 10.0. The average molecular weight is 300 g/mol. The van der Waals surface area contributed by atoms with Crippen molar-refractivity contribution >= 4 is 17.8 Å². The predicted octanol–water partition coefficient (Wildman–Crippen LogP) is 0.450. The van der Waals surface area contributed by atoms with Crippen molar-refractivity contribution in [2.75, 3.05) is 32.8 Å². The van der Waals surface area contributed by atoms with Gasteiger partial charge in [0.15, 0.2) is 5.84 Å². The molecular weight excluding hydrogens is 276 g/mol. The van der Waals surface area contributed by atoms with Gasteiger partial charge in [-0.2, -0.15) is 0 Å². The molecule has 8 heteroatoms. The Morgan fingerprint density at radius 1 is 1.24 bits per heavy atom. The fraction of sp³-hybridized carbons (Fsp3) is 0.769. The summed E-state index contributed by atoms with van der Waals surface area (Å²) in [5.41, 5.74) is 5.59. The zero-order valence-electron chi connectivity index (χ0n) is 12.6. The Labute approximate surface area is 124 Å². The third kappa shape index (κ3) is 4.51. The SMILES string of the molecule is CCCC(C(=O)N1CCN(C(=O)OCC)CC1)C(N)=NO. The third-order valence-corrected chi connectivity index (χ3v) is 3.47. The summed E-state index contributed by atoms with van der Waals surface area (Å²) < 4.78 is 4.93. The van der Waals surface area contributed by atoms with Crippen LogP contribution in [0.2, 0.25) is 0 Å². The second-order valence-corrected chi connectivity index (χ2v) is 4.88. The van der Waals surface area contributed by atoms with E-state index in [-0.39, 0.29) is 17.8 Å². The number of amides is 2. The summed E-state index contributed by atoms with van der Waals surface area (Å²) in [6.07, 6.45) is 0.938. The zero-order valence-corrected chi connectivity index (χ0v) is 12.6. The molecule has 0 aliphatic carbocycles. The molecule has 0 bridgehead atoms. The minimum Gasteiger partial charge on any atom is -0.450 e. The molecule has 0 aromatic heterocycles. The standard InChI is InChI=1S/C13H24N4O4/c1-3-5-10(11(14)15-20)12(18)16-6-8-17(9-7-16)13(19)21-4-2/h10,20H,3-9H2,1-2H3,(H2,14,15). The topological polar surface area (TPSA) is 108 Å². The number of piperazine rings is 1. The number of nitrogens with zero attached hydrogens (tertiary/aromatic N) is 3. The molecule has 0 aromatic carbocycles. The number of hydrogen-bond donors (Lipinski definition) is 2. The van der Waals surface area contributed by atoms with Crippen molar-refractivity contribution in [2.45, 2.75) is 26.7 Å². The third-order valence-electron chi connectivity index (χ3n) is 3.47. The van der Waals surface area contributed by atoms with Crippen LogP contribution in [0.5, 0.6) is 0 Å². The number of carbonyl (C=O) groups excluding carboxylic acids is 2. The Morgan fingerprint density at radius 2 is 1.81 bits per heavy atom. The molecule has 1 unspecified atom stereocenters. The molecule has 1 fully saturated rings. The van der Waals surface area contributed by atoms with E-state index in [1.54, 1.807) is 16.7 Å². The molecule has 1 atom stereocenters. The number of nitrogens with two attached hydrogens (primary N) is 1. The Balaban J connectivity index is 2.59. The van der Waals surface area contributed by atoms with Crippen molar-refractivity contribution in [1.82, 2.24) is 9.80 Å². The number of rotatable bonds is 5. The molecule has 120 valence electrons. The highest BCUT2D eigenvalue weighted by Gasteiger charge is 2.31. The van der Waals surface area contributed by atoms with E-state index in [9.17, 15) is 9.59 Å². The van der Waals surface area contributed by atoms with Crippen LogP contribution in [0.25, 0.3) is 0 Å². The maximum absolute atomic E-state index is 12.4. The van der Waals surface area contributed by atoms with Gasteiger partial charge < -0.3 is 25.5 Å². The van der Waals surface area contributed by atoms with Crippen molar-refractivity contribution in [3.63, 3.8) is 0 Å². The first-order chi connectivity index (χ1) is 10.0. The van der Waals surface area contributed by atoms with Gasteiger partial charge in [-0.1, -0.05) is 18.5 Å². The molecule has 0 radical (unpaired) electrons. The second kappa shape index (κ2) is 8.33. The molecule has 21 heavy (non-hydrogen) atoms. The van der Waals surface area contributed by atoms with Crippen LogP contribution in [-0.2, 0) is 9.53 Å². The Hall–Kier alpha value is -1.99. The van der Waals surface area contributed by atoms with E-state index in [0.717, 1.165) is 6.42 Å². The molecule has 3 N–H and O–H groups in total. The van der Waals surface area contributed by atoms with E-state index in [4.69, 9.17) is 15.7 Å². The minimum absolute atomic E-state index is 0.0605. The van der Waals surface area contributed by atoms with Crippen LogP contribution in [0.3, 0.4) is 0 Å². The van der Waals surface area contributed by atoms with Gasteiger partial charge in [-0.3, -0.25) is 4.79 Å². The molecule has 0 saturated carbocycles. The van der Waals surface area contributed by atoms with Crippen molar-refractivity contribution in [1.29, 1.82) is 0 Å². The number of oxime groups is 1. The van der Waals surface area contributed by atoms with Crippen LogP contribution >= 0.6 is 0 Å². The van der Waals surface area contributed by atoms with Crippen molar-refractivity contribution in [3.05, 3.63) is 0 Å². The summed E-state index contributed by atoms with van der Waals surface area (Å²) in [5.74, 6) is -0.820. The van der Waals surface area contributed by atoms with E-state index >= 15 is 0 Å². The summed E-state index contributed by atoms with van der Waals surface area (Å²) in [7, 11) is 0. The molecule has 0 aromatic rings. The van der Waals surface area contributed by atoms with Gasteiger partial charge in [0.05, 0.1) is 12.5 Å². The molecule has 0 spiro atoms. The average Bonchev–Trinajstić information content (AvgIpc) is 2.51. The highest BCUT2D eigenvalue weighted by Crippen LogP contribution is 2.14. The largest absolute Gasteiger partial charge is 0.450 e. The maximum Gasteiger partial charge on any atom is 0.409 e. The first-order valence-electron chi connectivity index (χ1n) is 7.23. The number of amidine groups is 1. The van der Waals surface area contributed by atoms with Gasteiger partial charge >= 0.3 is 6.09 Å². The molecular formula is C13H24N4O4. The van der Waals surface area contributed by atoms with Gasteiger partial charge in [0, 0.05) is 26.2 Å². The van der Waals surface area contributed by atoms with Crippen LogP contribution in [0, 0.1) is 5.92 Å². The van der Waals surface area contributed by atoms with Crippen LogP contribution in [0.1, 0.15) is 26.7 Å². The van der Waals surface area contributed by atoms with Gasteiger partial charge in [0.1, 0.15) is 0 Å². The van der Waals surface area contributed by atoms with Crippen LogP contribution < -0.4 is 5.73 Å². The zero-order chi connectivity index (χ0) is 15.8. The van der Waals surface area contributed by atoms with Crippen LogP contribution in [-0.4, -0.2) is 65.6 Å². The minimum atomic E-state index is -0.603. The molecule has 8 nitrogen and oxygen atoms in total. The lowest BCUT2D eigenvalue weighted by Gasteiger charge is -2.35. The number of ether oxygens (including phenoxy) is 1. The van der Waals surface area contributed by atoms with Crippen molar-refractivity contribution in [2.24, 2.45) is 16.8 Å². The summed E-state index contributed by atoms with van der Waals surface area (Å²) >= 11 is 0. The van der Waals surface area contributed by atoms with Crippen molar-refractivity contribution < 1.29 is 19.5 Å². The smallest absolute Gasteiger partial charge is 0.409 e. The van der Waals surface area contributed by atoms with Crippen molar-refractivity contribution in [3.8, 4) is 0 Å². The van der Waals surface area contributed by atoms with Crippen LogP contribution in [0.15, 0.2) is 5.16 Å². The fourth-order valence-corrected chi connectivity index (χ4v) is 2.30. The summed E-state index contributed by atoms with van der Waals surface area (Å²) in [6.45, 7) is 5.74.